The van der Waals surface area contributed by atoms with Crippen LogP contribution in [0.15, 0.2) is 30.3 Å². The Morgan fingerprint density at radius 1 is 1.36 bits per heavy atom. The topological polar surface area (TPSA) is 84.9 Å². The van der Waals surface area contributed by atoms with Gasteiger partial charge in [0.1, 0.15) is 6.61 Å². The maximum Gasteiger partial charge on any atom is 0.407 e. The van der Waals surface area contributed by atoms with Crippen molar-refractivity contribution in [1.82, 2.24) is 5.32 Å². The standard InChI is InChI=1S/C16H19NO5/c1-11(16-8-15(9-16,10-22-16)13(18)19)17-14(20)21-7-12-5-3-2-4-6-12/h2-6,11H,7-10H2,1H3,(H,17,20)(H,18,19). The predicted molar refractivity (Wildman–Crippen MR) is 77.2 cm³/mol. The number of rotatable bonds is 5. The number of hydrogen-bond acceptors (Lipinski definition) is 4. The van der Waals surface area contributed by atoms with Crippen molar-refractivity contribution in [3.63, 3.8) is 0 Å². The molecule has 3 aliphatic rings. The van der Waals surface area contributed by atoms with E-state index in [1.807, 2.05) is 37.3 Å². The highest BCUT2D eigenvalue weighted by molar-refractivity contribution is 5.78. The summed E-state index contributed by atoms with van der Waals surface area (Å²) in [5.41, 5.74) is -0.414. The Labute approximate surface area is 128 Å². The van der Waals surface area contributed by atoms with Crippen LogP contribution >= 0.6 is 0 Å². The van der Waals surface area contributed by atoms with Crippen LogP contribution < -0.4 is 5.32 Å². The van der Waals surface area contributed by atoms with Crippen LogP contribution in [0.25, 0.3) is 0 Å². The lowest BCUT2D eigenvalue weighted by atomic mass is 9.60. The van der Waals surface area contributed by atoms with Crippen molar-refractivity contribution in [1.29, 1.82) is 0 Å². The maximum absolute atomic E-state index is 11.9. The second kappa shape index (κ2) is 5.28. The molecule has 1 unspecified atom stereocenters. The van der Waals surface area contributed by atoms with Gasteiger partial charge in [0, 0.05) is 0 Å². The van der Waals surface area contributed by atoms with Gasteiger partial charge in [0.05, 0.1) is 23.7 Å². The largest absolute Gasteiger partial charge is 0.481 e. The molecule has 6 heteroatoms. The second-order valence-corrected chi connectivity index (χ2v) is 6.22. The zero-order chi connectivity index (χ0) is 15.8. The monoisotopic (exact) mass is 305 g/mol. The lowest BCUT2D eigenvalue weighted by Crippen LogP contribution is -2.59. The Balaban J connectivity index is 1.50. The van der Waals surface area contributed by atoms with Crippen LogP contribution in [0.5, 0.6) is 0 Å². The summed E-state index contributed by atoms with van der Waals surface area (Å²) in [6, 6.07) is 9.12. The van der Waals surface area contributed by atoms with E-state index in [2.05, 4.69) is 5.32 Å². The maximum atomic E-state index is 11.9. The average Bonchev–Trinajstić information content (AvgIpc) is 3.04. The molecule has 0 aromatic heterocycles. The van der Waals surface area contributed by atoms with E-state index in [1.54, 1.807) is 0 Å². The summed E-state index contributed by atoms with van der Waals surface area (Å²) in [6.07, 6.45) is 0.360. The molecule has 0 spiro atoms. The molecule has 1 aliphatic carbocycles. The summed E-state index contributed by atoms with van der Waals surface area (Å²) in [4.78, 5) is 23.1. The van der Waals surface area contributed by atoms with Crippen molar-refractivity contribution >= 4 is 12.1 Å². The molecular weight excluding hydrogens is 286 g/mol. The third-order valence-corrected chi connectivity index (χ3v) is 4.70. The lowest BCUT2D eigenvalue weighted by Gasteiger charge is -2.45. The number of amides is 1. The van der Waals surface area contributed by atoms with Gasteiger partial charge in [0.2, 0.25) is 0 Å². The van der Waals surface area contributed by atoms with Gasteiger partial charge in [-0.25, -0.2) is 4.79 Å². The van der Waals surface area contributed by atoms with Crippen LogP contribution in [0.4, 0.5) is 4.79 Å². The van der Waals surface area contributed by atoms with Gasteiger partial charge in [-0.05, 0) is 25.3 Å². The van der Waals surface area contributed by atoms with Gasteiger partial charge >= 0.3 is 12.1 Å². The molecule has 4 rings (SSSR count). The summed E-state index contributed by atoms with van der Waals surface area (Å²) in [5, 5.41) is 12.0. The second-order valence-electron chi connectivity index (χ2n) is 6.22. The van der Waals surface area contributed by atoms with E-state index in [9.17, 15) is 14.7 Å². The van der Waals surface area contributed by atoms with Crippen molar-refractivity contribution < 1.29 is 24.2 Å². The molecule has 1 atom stereocenters. The van der Waals surface area contributed by atoms with Gasteiger partial charge in [-0.3, -0.25) is 4.79 Å². The molecule has 2 saturated heterocycles. The first kappa shape index (κ1) is 14.8. The van der Waals surface area contributed by atoms with Crippen LogP contribution in [0.1, 0.15) is 25.3 Å². The summed E-state index contributed by atoms with van der Waals surface area (Å²) in [7, 11) is 0. The Morgan fingerprint density at radius 3 is 2.64 bits per heavy atom. The van der Waals surface area contributed by atoms with E-state index < -0.39 is 23.1 Å². The number of ether oxygens (including phenoxy) is 2. The van der Waals surface area contributed by atoms with E-state index in [1.165, 1.54) is 0 Å². The molecular formula is C16H19NO5. The SMILES string of the molecule is CC(NC(=O)OCc1ccccc1)C12CC(C(=O)O)(CO1)C2. The molecule has 3 fully saturated rings. The van der Waals surface area contributed by atoms with Gasteiger partial charge in [-0.2, -0.15) is 0 Å². The minimum absolute atomic E-state index is 0.201. The van der Waals surface area contributed by atoms with Crippen LogP contribution in [0, 0.1) is 5.41 Å². The Bertz CT molecular complexity index is 579. The number of carbonyl (C=O) groups is 2. The number of carboxylic acids is 1. The van der Waals surface area contributed by atoms with Crippen LogP contribution in [0.2, 0.25) is 0 Å². The molecule has 0 radical (unpaired) electrons. The Kier molecular flexibility index (Phi) is 3.56. The first-order valence-corrected chi connectivity index (χ1v) is 7.30. The number of carbonyl (C=O) groups excluding carboxylic acids is 1. The van der Waals surface area contributed by atoms with E-state index >= 15 is 0 Å². The fraction of sp³-hybridized carbons (Fsp3) is 0.500. The van der Waals surface area contributed by atoms with E-state index in [0.29, 0.717) is 12.8 Å². The highest BCUT2D eigenvalue weighted by atomic mass is 16.6. The van der Waals surface area contributed by atoms with Crippen LogP contribution in [0.3, 0.4) is 0 Å². The number of benzene rings is 1. The number of fused-ring (bicyclic) bond motifs is 1. The van der Waals surface area contributed by atoms with Crippen molar-refractivity contribution in [3.8, 4) is 0 Å². The van der Waals surface area contributed by atoms with Gasteiger partial charge in [0.15, 0.2) is 0 Å². The minimum Gasteiger partial charge on any atom is -0.481 e. The molecule has 6 nitrogen and oxygen atoms in total. The quantitative estimate of drug-likeness (QED) is 0.868. The zero-order valence-electron chi connectivity index (χ0n) is 12.4. The number of carboxylic acid groups (broad SMARTS) is 1. The van der Waals surface area contributed by atoms with E-state index in [4.69, 9.17) is 9.47 Å². The molecule has 22 heavy (non-hydrogen) atoms. The van der Waals surface area contributed by atoms with Crippen molar-refractivity contribution in [2.75, 3.05) is 6.61 Å². The predicted octanol–water partition coefficient (Wildman–Crippen LogP) is 1.94. The number of nitrogens with one attached hydrogen (secondary N) is 1. The summed E-state index contributed by atoms with van der Waals surface area (Å²) in [5.74, 6) is -0.820. The molecule has 2 N–H and O–H groups in total. The highest BCUT2D eigenvalue weighted by Gasteiger charge is 2.68. The van der Waals surface area contributed by atoms with E-state index in [0.717, 1.165) is 5.56 Å². The summed E-state index contributed by atoms with van der Waals surface area (Å²) >= 11 is 0. The molecule has 118 valence electrons. The van der Waals surface area contributed by atoms with Gasteiger partial charge in [-0.15, -0.1) is 0 Å². The van der Waals surface area contributed by atoms with Gasteiger partial charge in [-0.1, -0.05) is 30.3 Å². The van der Waals surface area contributed by atoms with E-state index in [-0.39, 0.29) is 19.3 Å². The molecule has 1 aromatic rings. The average molecular weight is 305 g/mol. The normalized spacial score (nSPS) is 30.2. The molecule has 2 aliphatic heterocycles. The summed E-state index contributed by atoms with van der Waals surface area (Å²) in [6.45, 7) is 2.24. The van der Waals surface area contributed by atoms with Crippen LogP contribution in [-0.2, 0) is 20.9 Å². The number of alkyl carbamates (subject to hydrolysis) is 1. The fourth-order valence-corrected chi connectivity index (χ4v) is 3.30. The van der Waals surface area contributed by atoms with Gasteiger partial charge < -0.3 is 19.9 Å². The number of aliphatic carboxylic acids is 1. The van der Waals surface area contributed by atoms with Crippen LogP contribution in [-0.4, -0.2) is 35.4 Å². The number of hydrogen-bond donors (Lipinski definition) is 2. The third kappa shape index (κ3) is 2.43. The van der Waals surface area contributed by atoms with Gasteiger partial charge in [0.25, 0.3) is 0 Å². The van der Waals surface area contributed by atoms with Crippen molar-refractivity contribution in [2.45, 2.75) is 38.0 Å². The van der Waals surface area contributed by atoms with Crippen molar-refractivity contribution in [3.05, 3.63) is 35.9 Å². The van der Waals surface area contributed by atoms with Crippen molar-refractivity contribution in [2.24, 2.45) is 5.41 Å². The lowest BCUT2D eigenvalue weighted by molar-refractivity contribution is -0.154. The highest BCUT2D eigenvalue weighted by Crippen LogP contribution is 2.59. The Hall–Kier alpha value is -2.08. The fourth-order valence-electron chi connectivity index (χ4n) is 3.30. The zero-order valence-corrected chi connectivity index (χ0v) is 12.4. The third-order valence-electron chi connectivity index (χ3n) is 4.70. The molecule has 1 amide bonds. The molecule has 2 bridgehead atoms. The summed E-state index contributed by atoms with van der Waals surface area (Å²) < 4.78 is 10.8. The molecule has 1 aromatic carbocycles. The first-order valence-electron chi connectivity index (χ1n) is 7.30. The Morgan fingerprint density at radius 2 is 2.05 bits per heavy atom. The minimum atomic E-state index is -0.820. The molecule has 2 heterocycles. The molecule has 1 saturated carbocycles. The smallest absolute Gasteiger partial charge is 0.407 e. The first-order chi connectivity index (χ1) is 10.5.